The number of hydrogen-bond donors (Lipinski definition) is 3. The number of carbonyl (C=O) groups is 2. The predicted molar refractivity (Wildman–Crippen MR) is 77.4 cm³/mol. The van der Waals surface area contributed by atoms with Crippen LogP contribution in [0.1, 0.15) is 39.5 Å². The highest BCUT2D eigenvalue weighted by Gasteiger charge is 2.35. The van der Waals surface area contributed by atoms with Crippen LogP contribution in [0.5, 0.6) is 0 Å². The molecule has 0 aromatic heterocycles. The molecular formula is C14H26N4O2. The smallest absolute Gasteiger partial charge is 0.321 e. The lowest BCUT2D eigenvalue weighted by Crippen LogP contribution is -2.51. The molecule has 0 aliphatic carbocycles. The summed E-state index contributed by atoms with van der Waals surface area (Å²) in [5, 5.41) is 8.62. The molecule has 2 atom stereocenters. The minimum absolute atomic E-state index is 0.0283. The first-order valence-corrected chi connectivity index (χ1v) is 7.50. The molecule has 2 aliphatic rings. The number of hydrogen-bond acceptors (Lipinski definition) is 4. The molecule has 6 nitrogen and oxygen atoms in total. The maximum absolute atomic E-state index is 11.8. The van der Waals surface area contributed by atoms with Crippen LogP contribution in [-0.2, 0) is 4.79 Å². The molecule has 2 aliphatic heterocycles. The fourth-order valence-corrected chi connectivity index (χ4v) is 3.21. The Hall–Kier alpha value is -1.14. The maximum atomic E-state index is 11.8. The van der Waals surface area contributed by atoms with E-state index in [0.717, 1.165) is 12.8 Å². The Labute approximate surface area is 120 Å². The Morgan fingerprint density at radius 2 is 1.85 bits per heavy atom. The molecule has 20 heavy (non-hydrogen) atoms. The molecule has 0 aromatic rings. The SMILES string of the molecule is CC(C)NC(=O)NC(=O)CN(C)C1CC2CCC(C1)N2. The summed E-state index contributed by atoms with van der Waals surface area (Å²) in [6, 6.07) is 1.26. The number of rotatable bonds is 4. The van der Waals surface area contributed by atoms with E-state index in [9.17, 15) is 9.59 Å². The number of imide groups is 1. The van der Waals surface area contributed by atoms with Crippen molar-refractivity contribution in [3.63, 3.8) is 0 Å². The van der Waals surface area contributed by atoms with Crippen LogP contribution >= 0.6 is 0 Å². The molecule has 3 N–H and O–H groups in total. The van der Waals surface area contributed by atoms with Gasteiger partial charge in [0, 0.05) is 24.2 Å². The Kier molecular flexibility index (Phi) is 4.99. The van der Waals surface area contributed by atoms with Gasteiger partial charge in [-0.25, -0.2) is 4.79 Å². The summed E-state index contributed by atoms with van der Waals surface area (Å²) in [5.74, 6) is -0.239. The Bertz CT molecular complexity index is 360. The molecule has 3 amide bonds. The second kappa shape index (κ2) is 6.54. The van der Waals surface area contributed by atoms with Crippen molar-refractivity contribution >= 4 is 11.9 Å². The summed E-state index contributed by atoms with van der Waals surface area (Å²) >= 11 is 0. The zero-order valence-corrected chi connectivity index (χ0v) is 12.6. The Balaban J connectivity index is 1.75. The largest absolute Gasteiger partial charge is 0.336 e. The molecule has 2 heterocycles. The third-order valence-corrected chi connectivity index (χ3v) is 4.14. The highest BCUT2D eigenvalue weighted by molar-refractivity contribution is 5.95. The van der Waals surface area contributed by atoms with Gasteiger partial charge in [-0.15, -0.1) is 0 Å². The van der Waals surface area contributed by atoms with E-state index in [1.807, 2.05) is 20.9 Å². The molecule has 2 fully saturated rings. The van der Waals surface area contributed by atoms with Crippen molar-refractivity contribution in [2.45, 2.75) is 63.7 Å². The van der Waals surface area contributed by atoms with Crippen molar-refractivity contribution in [1.82, 2.24) is 20.9 Å². The summed E-state index contributed by atoms with van der Waals surface area (Å²) in [6.07, 6.45) is 4.69. The second-order valence-electron chi connectivity index (χ2n) is 6.35. The third kappa shape index (κ3) is 4.18. The number of likely N-dealkylation sites (N-methyl/N-ethyl adjacent to an activating group) is 1. The Morgan fingerprint density at radius 1 is 1.25 bits per heavy atom. The van der Waals surface area contributed by atoms with E-state index in [2.05, 4.69) is 20.9 Å². The van der Waals surface area contributed by atoms with Crippen molar-refractivity contribution in [3.8, 4) is 0 Å². The van der Waals surface area contributed by atoms with Gasteiger partial charge in [0.1, 0.15) is 0 Å². The second-order valence-corrected chi connectivity index (χ2v) is 6.35. The fraction of sp³-hybridized carbons (Fsp3) is 0.857. The lowest BCUT2D eigenvalue weighted by atomic mass is 9.98. The molecule has 0 saturated carbocycles. The van der Waals surface area contributed by atoms with Crippen LogP contribution in [-0.4, -0.2) is 54.6 Å². The molecule has 6 heteroatoms. The molecular weight excluding hydrogens is 256 g/mol. The van der Waals surface area contributed by atoms with Gasteiger partial charge in [-0.1, -0.05) is 0 Å². The third-order valence-electron chi connectivity index (χ3n) is 4.14. The number of nitrogens with zero attached hydrogens (tertiary/aromatic N) is 1. The minimum atomic E-state index is -0.413. The van der Waals surface area contributed by atoms with Gasteiger partial charge in [-0.2, -0.15) is 0 Å². The Morgan fingerprint density at radius 3 is 2.40 bits per heavy atom. The van der Waals surface area contributed by atoms with Crippen molar-refractivity contribution < 1.29 is 9.59 Å². The molecule has 0 spiro atoms. The zero-order chi connectivity index (χ0) is 14.7. The van der Waals surface area contributed by atoms with E-state index in [4.69, 9.17) is 0 Å². The molecule has 0 radical (unpaired) electrons. The van der Waals surface area contributed by atoms with Gasteiger partial charge in [-0.05, 0) is 46.6 Å². The average Bonchev–Trinajstić information content (AvgIpc) is 2.66. The van der Waals surface area contributed by atoms with Crippen LogP contribution in [0.25, 0.3) is 0 Å². The number of piperidine rings is 1. The monoisotopic (exact) mass is 282 g/mol. The number of amides is 3. The molecule has 0 aromatic carbocycles. The van der Waals surface area contributed by atoms with E-state index >= 15 is 0 Å². The van der Waals surface area contributed by atoms with Crippen LogP contribution in [0.15, 0.2) is 0 Å². The summed E-state index contributed by atoms with van der Waals surface area (Å²) in [6.45, 7) is 4.00. The van der Waals surface area contributed by atoms with E-state index < -0.39 is 6.03 Å². The van der Waals surface area contributed by atoms with Gasteiger partial charge < -0.3 is 10.6 Å². The molecule has 114 valence electrons. The van der Waals surface area contributed by atoms with Gasteiger partial charge in [0.2, 0.25) is 5.91 Å². The molecule has 2 unspecified atom stereocenters. The van der Waals surface area contributed by atoms with Crippen LogP contribution in [0.2, 0.25) is 0 Å². The van der Waals surface area contributed by atoms with Gasteiger partial charge >= 0.3 is 6.03 Å². The van der Waals surface area contributed by atoms with E-state index in [1.54, 1.807) is 0 Å². The number of urea groups is 1. The molecule has 2 rings (SSSR count). The van der Waals surface area contributed by atoms with Crippen molar-refractivity contribution in [1.29, 1.82) is 0 Å². The number of carbonyl (C=O) groups excluding carboxylic acids is 2. The topological polar surface area (TPSA) is 73.5 Å². The van der Waals surface area contributed by atoms with Crippen LogP contribution in [0.4, 0.5) is 4.79 Å². The lowest BCUT2D eigenvalue weighted by molar-refractivity contribution is -0.121. The quantitative estimate of drug-likeness (QED) is 0.699. The fourth-order valence-electron chi connectivity index (χ4n) is 3.21. The van der Waals surface area contributed by atoms with Crippen molar-refractivity contribution in [2.24, 2.45) is 0 Å². The summed E-state index contributed by atoms with van der Waals surface area (Å²) in [4.78, 5) is 25.4. The number of fused-ring (bicyclic) bond motifs is 2. The summed E-state index contributed by atoms with van der Waals surface area (Å²) < 4.78 is 0. The highest BCUT2D eigenvalue weighted by Crippen LogP contribution is 2.28. The summed E-state index contributed by atoms with van der Waals surface area (Å²) in [7, 11) is 1.97. The van der Waals surface area contributed by atoms with Crippen LogP contribution in [0.3, 0.4) is 0 Å². The van der Waals surface area contributed by atoms with E-state index in [-0.39, 0.29) is 18.5 Å². The number of nitrogens with one attached hydrogen (secondary N) is 3. The van der Waals surface area contributed by atoms with Crippen molar-refractivity contribution in [3.05, 3.63) is 0 Å². The first-order valence-electron chi connectivity index (χ1n) is 7.50. The first kappa shape index (κ1) is 15.3. The highest BCUT2D eigenvalue weighted by atomic mass is 16.2. The molecule has 2 bridgehead atoms. The minimum Gasteiger partial charge on any atom is -0.336 e. The van der Waals surface area contributed by atoms with Gasteiger partial charge in [0.15, 0.2) is 0 Å². The predicted octanol–water partition coefficient (Wildman–Crippen LogP) is 0.435. The molecule has 2 saturated heterocycles. The van der Waals surface area contributed by atoms with Crippen molar-refractivity contribution in [2.75, 3.05) is 13.6 Å². The van der Waals surface area contributed by atoms with Crippen LogP contribution < -0.4 is 16.0 Å². The van der Waals surface area contributed by atoms with Gasteiger partial charge in [0.25, 0.3) is 0 Å². The van der Waals surface area contributed by atoms with Gasteiger partial charge in [-0.3, -0.25) is 15.0 Å². The van der Waals surface area contributed by atoms with Crippen LogP contribution in [0, 0.1) is 0 Å². The normalized spacial score (nSPS) is 28.8. The van der Waals surface area contributed by atoms with Gasteiger partial charge in [0.05, 0.1) is 6.54 Å². The standard InChI is InChI=1S/C14H26N4O2/c1-9(2)15-14(20)17-13(19)8-18(3)12-6-10-4-5-11(7-12)16-10/h9-12,16H,4-8H2,1-3H3,(H2,15,17,19,20). The lowest BCUT2D eigenvalue weighted by Gasteiger charge is -2.35. The average molecular weight is 282 g/mol. The van der Waals surface area contributed by atoms with E-state index in [0.29, 0.717) is 18.1 Å². The zero-order valence-electron chi connectivity index (χ0n) is 12.6. The summed E-state index contributed by atoms with van der Waals surface area (Å²) in [5.41, 5.74) is 0. The maximum Gasteiger partial charge on any atom is 0.321 e. The first-order chi connectivity index (χ1) is 9.44. The van der Waals surface area contributed by atoms with E-state index in [1.165, 1.54) is 12.8 Å².